The molecule has 0 aromatic heterocycles. The van der Waals surface area contributed by atoms with Gasteiger partial charge in [0.25, 0.3) is 6.43 Å². The molecule has 22 heavy (non-hydrogen) atoms. The molecule has 0 saturated carbocycles. The van der Waals surface area contributed by atoms with E-state index in [4.69, 9.17) is 34.8 Å². The fourth-order valence-electron chi connectivity index (χ4n) is 1.92. The molecule has 118 valence electrons. The van der Waals surface area contributed by atoms with E-state index >= 15 is 0 Å². The summed E-state index contributed by atoms with van der Waals surface area (Å²) in [7, 11) is 0. The van der Waals surface area contributed by atoms with E-state index < -0.39 is 23.7 Å². The van der Waals surface area contributed by atoms with Crippen LogP contribution in [0, 0.1) is 0 Å². The molecular weight excluding hydrogens is 370 g/mol. The van der Waals surface area contributed by atoms with Crippen LogP contribution in [0.25, 0.3) is 11.1 Å². The molecule has 0 amide bonds. The Balaban J connectivity index is 2.71. The van der Waals surface area contributed by atoms with Gasteiger partial charge in [0.15, 0.2) is 0 Å². The third-order valence-corrected chi connectivity index (χ3v) is 3.92. The van der Waals surface area contributed by atoms with Crippen molar-refractivity contribution in [3.8, 4) is 11.1 Å². The fraction of sp³-hybridized carbons (Fsp3) is 0.143. The van der Waals surface area contributed by atoms with E-state index in [-0.39, 0.29) is 26.2 Å². The largest absolute Gasteiger partial charge is 0.416 e. The summed E-state index contributed by atoms with van der Waals surface area (Å²) in [5, 5.41) is 0.0847. The van der Waals surface area contributed by atoms with Crippen LogP contribution in [0.3, 0.4) is 0 Å². The van der Waals surface area contributed by atoms with Crippen molar-refractivity contribution in [3.63, 3.8) is 0 Å². The molecule has 0 aliphatic heterocycles. The second-order valence-corrected chi connectivity index (χ2v) is 5.57. The van der Waals surface area contributed by atoms with Crippen LogP contribution in [0.15, 0.2) is 30.3 Å². The number of hydrogen-bond donors (Lipinski definition) is 0. The molecule has 0 radical (unpaired) electrons. The van der Waals surface area contributed by atoms with Crippen molar-refractivity contribution in [2.75, 3.05) is 0 Å². The molecular formula is C14H6Cl3F5. The summed E-state index contributed by atoms with van der Waals surface area (Å²) in [4.78, 5) is 0. The van der Waals surface area contributed by atoms with E-state index in [1.54, 1.807) is 0 Å². The molecule has 0 spiro atoms. The average Bonchev–Trinajstić information content (AvgIpc) is 2.41. The Bertz CT molecular complexity index is 710. The third-order valence-electron chi connectivity index (χ3n) is 2.90. The van der Waals surface area contributed by atoms with Gasteiger partial charge in [0.05, 0.1) is 15.6 Å². The normalized spacial score (nSPS) is 12.0. The quantitative estimate of drug-likeness (QED) is 0.382. The van der Waals surface area contributed by atoms with Crippen LogP contribution in [-0.2, 0) is 6.18 Å². The monoisotopic (exact) mass is 374 g/mol. The predicted molar refractivity (Wildman–Crippen MR) is 76.9 cm³/mol. The van der Waals surface area contributed by atoms with Crippen molar-refractivity contribution in [2.24, 2.45) is 0 Å². The Morgan fingerprint density at radius 1 is 0.864 bits per heavy atom. The summed E-state index contributed by atoms with van der Waals surface area (Å²) in [6.07, 6.45) is -7.84. The Labute approximate surface area is 137 Å². The van der Waals surface area contributed by atoms with Gasteiger partial charge in [-0.1, -0.05) is 40.9 Å². The van der Waals surface area contributed by atoms with Gasteiger partial charge in [-0.05, 0) is 29.8 Å². The van der Waals surface area contributed by atoms with Gasteiger partial charge in [0.1, 0.15) is 0 Å². The number of benzene rings is 2. The van der Waals surface area contributed by atoms with Crippen LogP contribution in [0.2, 0.25) is 15.1 Å². The second kappa shape index (κ2) is 6.22. The van der Waals surface area contributed by atoms with Gasteiger partial charge >= 0.3 is 6.18 Å². The van der Waals surface area contributed by atoms with Crippen LogP contribution in [0.1, 0.15) is 17.6 Å². The van der Waals surface area contributed by atoms with E-state index in [0.717, 1.165) is 6.07 Å². The summed E-state index contributed by atoms with van der Waals surface area (Å²) in [6, 6.07) is 4.60. The van der Waals surface area contributed by atoms with Crippen molar-refractivity contribution < 1.29 is 22.0 Å². The first-order valence-corrected chi connectivity index (χ1v) is 6.89. The highest BCUT2D eigenvalue weighted by Gasteiger charge is 2.32. The first-order chi connectivity index (χ1) is 10.1. The first-order valence-electron chi connectivity index (χ1n) is 5.75. The van der Waals surface area contributed by atoms with Crippen LogP contribution in [0.5, 0.6) is 0 Å². The van der Waals surface area contributed by atoms with Gasteiger partial charge in [-0.15, -0.1) is 0 Å². The minimum Gasteiger partial charge on any atom is -0.205 e. The highest BCUT2D eigenvalue weighted by molar-refractivity contribution is 6.45. The molecule has 0 aliphatic rings. The van der Waals surface area contributed by atoms with E-state index in [1.165, 1.54) is 12.1 Å². The molecule has 0 saturated heterocycles. The molecule has 0 aliphatic carbocycles. The van der Waals surface area contributed by atoms with Gasteiger partial charge in [0, 0.05) is 16.1 Å². The average molecular weight is 376 g/mol. The topological polar surface area (TPSA) is 0 Å². The summed E-state index contributed by atoms with van der Waals surface area (Å²) >= 11 is 17.6. The van der Waals surface area contributed by atoms with Gasteiger partial charge in [-0.3, -0.25) is 0 Å². The lowest BCUT2D eigenvalue weighted by Crippen LogP contribution is -2.06. The van der Waals surface area contributed by atoms with Crippen molar-refractivity contribution in [2.45, 2.75) is 12.6 Å². The lowest BCUT2D eigenvalue weighted by Gasteiger charge is -2.15. The molecule has 2 aromatic rings. The summed E-state index contributed by atoms with van der Waals surface area (Å²) in [6.45, 7) is 0. The van der Waals surface area contributed by atoms with E-state index in [1.807, 2.05) is 0 Å². The maximum atomic E-state index is 13.1. The van der Waals surface area contributed by atoms with Crippen LogP contribution in [-0.4, -0.2) is 0 Å². The molecule has 0 unspecified atom stereocenters. The second-order valence-electron chi connectivity index (χ2n) is 4.35. The van der Waals surface area contributed by atoms with Gasteiger partial charge in [-0.2, -0.15) is 13.2 Å². The van der Waals surface area contributed by atoms with Crippen molar-refractivity contribution in [1.29, 1.82) is 0 Å². The van der Waals surface area contributed by atoms with Crippen molar-refractivity contribution in [3.05, 3.63) is 56.5 Å². The highest BCUT2D eigenvalue weighted by atomic mass is 35.5. The summed E-state index contributed by atoms with van der Waals surface area (Å²) in [5.41, 5.74) is -2.08. The third kappa shape index (κ3) is 3.47. The van der Waals surface area contributed by atoms with Crippen LogP contribution in [0.4, 0.5) is 22.0 Å². The van der Waals surface area contributed by atoms with Crippen LogP contribution >= 0.6 is 34.8 Å². The Morgan fingerprint density at radius 3 is 2.05 bits per heavy atom. The number of hydrogen-bond acceptors (Lipinski definition) is 0. The SMILES string of the molecule is FC(F)c1cc(C(F)(F)F)ccc1-c1cc(Cl)cc(Cl)c1Cl. The maximum absolute atomic E-state index is 13.1. The maximum Gasteiger partial charge on any atom is 0.416 e. The predicted octanol–water partition coefficient (Wildman–Crippen LogP) is 7.27. The Morgan fingerprint density at radius 2 is 1.50 bits per heavy atom. The zero-order chi connectivity index (χ0) is 16.7. The molecule has 2 rings (SSSR count). The number of alkyl halides is 5. The zero-order valence-corrected chi connectivity index (χ0v) is 12.8. The van der Waals surface area contributed by atoms with Gasteiger partial charge in [-0.25, -0.2) is 8.78 Å². The fourth-order valence-corrected chi connectivity index (χ4v) is 2.62. The minimum atomic E-state index is -4.72. The summed E-state index contributed by atoms with van der Waals surface area (Å²) < 4.78 is 64.3. The molecule has 0 fully saturated rings. The molecule has 0 nitrogen and oxygen atoms in total. The van der Waals surface area contributed by atoms with E-state index in [2.05, 4.69) is 0 Å². The first kappa shape index (κ1) is 17.3. The molecule has 8 heteroatoms. The highest BCUT2D eigenvalue weighted by Crippen LogP contribution is 2.42. The Hall–Kier alpha value is -1.04. The zero-order valence-electron chi connectivity index (χ0n) is 10.5. The van der Waals surface area contributed by atoms with E-state index in [0.29, 0.717) is 12.1 Å². The molecule has 0 bridgehead atoms. The summed E-state index contributed by atoms with van der Waals surface area (Å²) in [5.74, 6) is 0. The van der Waals surface area contributed by atoms with Crippen LogP contribution < -0.4 is 0 Å². The molecule has 0 atom stereocenters. The lowest BCUT2D eigenvalue weighted by molar-refractivity contribution is -0.137. The lowest BCUT2D eigenvalue weighted by atomic mass is 9.97. The smallest absolute Gasteiger partial charge is 0.205 e. The Kier molecular flexibility index (Phi) is 4.90. The molecule has 2 aromatic carbocycles. The van der Waals surface area contributed by atoms with Crippen molar-refractivity contribution >= 4 is 34.8 Å². The van der Waals surface area contributed by atoms with Gasteiger partial charge < -0.3 is 0 Å². The molecule has 0 N–H and O–H groups in total. The van der Waals surface area contributed by atoms with E-state index in [9.17, 15) is 22.0 Å². The molecule has 0 heterocycles. The standard InChI is InChI=1S/C14H6Cl3F5/c15-7-4-9(12(17)11(16)5-7)8-2-1-6(14(20,21)22)3-10(8)13(18)19/h1-5,13H. The number of rotatable bonds is 2. The van der Waals surface area contributed by atoms with Crippen molar-refractivity contribution in [1.82, 2.24) is 0 Å². The number of halogens is 8. The van der Waals surface area contributed by atoms with Gasteiger partial charge in [0.2, 0.25) is 0 Å². The minimum absolute atomic E-state index is 0.0179.